The fourth-order valence-corrected chi connectivity index (χ4v) is 5.15. The molecule has 134 valence electrons. The number of hydrogen-bond donors (Lipinski definition) is 0. The Morgan fingerprint density at radius 3 is 2.36 bits per heavy atom. The number of rotatable bonds is 5. The van der Waals surface area contributed by atoms with E-state index in [0.717, 1.165) is 24.8 Å². The summed E-state index contributed by atoms with van der Waals surface area (Å²) in [6.45, 7) is 2.99. The monoisotopic (exact) mass is 359 g/mol. The molecule has 25 heavy (non-hydrogen) atoms. The highest BCUT2D eigenvalue weighted by Gasteiger charge is 2.30. The van der Waals surface area contributed by atoms with Gasteiger partial charge in [0.1, 0.15) is 5.75 Å². The first-order chi connectivity index (χ1) is 12.0. The molecule has 0 aliphatic carbocycles. The predicted octanol–water partition coefficient (Wildman–Crippen LogP) is 3.65. The van der Waals surface area contributed by atoms with E-state index in [1.165, 1.54) is 5.56 Å². The second-order valence-electron chi connectivity index (χ2n) is 6.67. The minimum Gasteiger partial charge on any atom is -0.497 e. The number of ether oxygens (including phenoxy) is 1. The largest absolute Gasteiger partial charge is 0.497 e. The normalized spacial score (nSPS) is 16.7. The summed E-state index contributed by atoms with van der Waals surface area (Å²) in [5.41, 5.74) is 2.06. The Bertz CT molecular complexity index is 810. The predicted molar refractivity (Wildman–Crippen MR) is 99.4 cm³/mol. The molecule has 2 aromatic carbocycles. The second-order valence-corrected chi connectivity index (χ2v) is 8.57. The van der Waals surface area contributed by atoms with Gasteiger partial charge in [-0.05, 0) is 61.4 Å². The Morgan fingerprint density at radius 1 is 1.08 bits per heavy atom. The molecule has 0 amide bonds. The zero-order valence-electron chi connectivity index (χ0n) is 14.8. The minimum atomic E-state index is -3.44. The molecular formula is C20H25NO3S. The third-order valence-electron chi connectivity index (χ3n) is 4.94. The Morgan fingerprint density at radius 2 is 1.76 bits per heavy atom. The van der Waals surface area contributed by atoms with Crippen LogP contribution in [0.25, 0.3) is 0 Å². The molecule has 5 heteroatoms. The zero-order valence-corrected chi connectivity index (χ0v) is 15.6. The summed E-state index contributed by atoms with van der Waals surface area (Å²) in [4.78, 5) is 0.384. The van der Waals surface area contributed by atoms with Crippen LogP contribution in [-0.2, 0) is 16.4 Å². The summed E-state index contributed by atoms with van der Waals surface area (Å²) >= 11 is 0. The van der Waals surface area contributed by atoms with E-state index in [1.807, 2.05) is 13.0 Å². The van der Waals surface area contributed by atoms with Crippen molar-refractivity contribution in [2.75, 3.05) is 20.2 Å². The average Bonchev–Trinajstić information content (AvgIpc) is 2.62. The van der Waals surface area contributed by atoms with Gasteiger partial charge in [0.2, 0.25) is 10.0 Å². The van der Waals surface area contributed by atoms with Gasteiger partial charge < -0.3 is 4.74 Å². The first kappa shape index (κ1) is 18.0. The minimum absolute atomic E-state index is 0.384. The van der Waals surface area contributed by atoms with Crippen molar-refractivity contribution in [3.05, 3.63) is 59.7 Å². The van der Waals surface area contributed by atoms with Crippen molar-refractivity contribution >= 4 is 10.0 Å². The average molecular weight is 359 g/mol. The van der Waals surface area contributed by atoms with Gasteiger partial charge in [0.25, 0.3) is 0 Å². The van der Waals surface area contributed by atoms with Gasteiger partial charge >= 0.3 is 0 Å². The highest BCUT2D eigenvalue weighted by atomic mass is 32.2. The highest BCUT2D eigenvalue weighted by molar-refractivity contribution is 7.89. The van der Waals surface area contributed by atoms with E-state index in [0.29, 0.717) is 29.7 Å². The van der Waals surface area contributed by atoms with E-state index in [1.54, 1.807) is 29.6 Å². The van der Waals surface area contributed by atoms with Crippen LogP contribution in [0.15, 0.2) is 53.4 Å². The van der Waals surface area contributed by atoms with Gasteiger partial charge in [0.15, 0.2) is 0 Å². The molecule has 1 aliphatic heterocycles. The summed E-state index contributed by atoms with van der Waals surface area (Å²) in [6.07, 6.45) is 2.84. The molecule has 0 unspecified atom stereocenters. The summed E-state index contributed by atoms with van der Waals surface area (Å²) in [5, 5.41) is 0. The molecule has 3 rings (SSSR count). The molecule has 2 aromatic rings. The smallest absolute Gasteiger partial charge is 0.243 e. The number of sulfonamides is 1. The lowest BCUT2D eigenvalue weighted by molar-refractivity contribution is 0.272. The quantitative estimate of drug-likeness (QED) is 0.819. The van der Waals surface area contributed by atoms with Crippen molar-refractivity contribution in [1.29, 1.82) is 0 Å². The van der Waals surface area contributed by atoms with Gasteiger partial charge in [0.05, 0.1) is 12.0 Å². The van der Waals surface area contributed by atoms with E-state index >= 15 is 0 Å². The number of aryl methyl sites for hydroxylation is 1. The molecule has 1 aliphatic rings. The van der Waals surface area contributed by atoms with E-state index in [2.05, 4.69) is 24.3 Å². The van der Waals surface area contributed by atoms with Crippen molar-refractivity contribution < 1.29 is 13.2 Å². The van der Waals surface area contributed by atoms with Crippen molar-refractivity contribution in [3.8, 4) is 5.75 Å². The van der Waals surface area contributed by atoms with Crippen LogP contribution in [0.1, 0.15) is 24.0 Å². The van der Waals surface area contributed by atoms with Crippen LogP contribution < -0.4 is 4.74 Å². The summed E-state index contributed by atoms with van der Waals surface area (Å²) in [5.74, 6) is 1.23. The Hall–Kier alpha value is -1.85. The van der Waals surface area contributed by atoms with Crippen LogP contribution in [0.2, 0.25) is 0 Å². The van der Waals surface area contributed by atoms with Crippen molar-refractivity contribution in [2.24, 2.45) is 5.92 Å². The molecule has 0 atom stereocenters. The topological polar surface area (TPSA) is 46.6 Å². The molecule has 0 saturated carbocycles. The second kappa shape index (κ2) is 7.58. The fourth-order valence-electron chi connectivity index (χ4n) is 3.48. The molecule has 0 N–H and O–H groups in total. The first-order valence-corrected chi connectivity index (χ1v) is 10.1. The Balaban J connectivity index is 1.67. The molecule has 0 spiro atoms. The molecule has 0 bridgehead atoms. The van der Waals surface area contributed by atoms with Gasteiger partial charge in [-0.15, -0.1) is 0 Å². The number of piperidine rings is 1. The third kappa shape index (κ3) is 4.05. The highest BCUT2D eigenvalue weighted by Crippen LogP contribution is 2.28. The lowest BCUT2D eigenvalue weighted by Crippen LogP contribution is -2.39. The number of nitrogens with zero attached hydrogens (tertiary/aromatic N) is 1. The standard InChI is InChI=1S/C20H25NO3S/c1-16-14-19(24-2)8-9-20(16)25(22,23)21-12-10-18(11-13-21)15-17-6-4-3-5-7-17/h3-9,14,18H,10-13,15H2,1-2H3. The van der Waals surface area contributed by atoms with Crippen LogP contribution in [0.5, 0.6) is 5.75 Å². The SMILES string of the molecule is COc1ccc(S(=O)(=O)N2CCC(Cc3ccccc3)CC2)c(C)c1. The van der Waals surface area contributed by atoms with Gasteiger partial charge in [0, 0.05) is 13.1 Å². The maximum Gasteiger partial charge on any atom is 0.243 e. The summed E-state index contributed by atoms with van der Waals surface area (Å²) in [7, 11) is -1.85. The maximum absolute atomic E-state index is 13.0. The molecule has 1 heterocycles. The molecule has 4 nitrogen and oxygen atoms in total. The van der Waals surface area contributed by atoms with Crippen molar-refractivity contribution in [1.82, 2.24) is 4.31 Å². The van der Waals surface area contributed by atoms with Gasteiger partial charge in [-0.3, -0.25) is 0 Å². The Kier molecular flexibility index (Phi) is 5.45. The molecule has 0 radical (unpaired) electrons. The van der Waals surface area contributed by atoms with Crippen LogP contribution in [0.4, 0.5) is 0 Å². The van der Waals surface area contributed by atoms with E-state index in [9.17, 15) is 8.42 Å². The zero-order chi connectivity index (χ0) is 17.9. The van der Waals surface area contributed by atoms with Crippen molar-refractivity contribution in [2.45, 2.75) is 31.1 Å². The van der Waals surface area contributed by atoms with Crippen LogP contribution in [0.3, 0.4) is 0 Å². The van der Waals surface area contributed by atoms with Crippen molar-refractivity contribution in [3.63, 3.8) is 0 Å². The van der Waals surface area contributed by atoms with E-state index < -0.39 is 10.0 Å². The maximum atomic E-state index is 13.0. The van der Waals surface area contributed by atoms with E-state index in [4.69, 9.17) is 4.74 Å². The first-order valence-electron chi connectivity index (χ1n) is 8.69. The lowest BCUT2D eigenvalue weighted by Gasteiger charge is -2.31. The van der Waals surface area contributed by atoms with Gasteiger partial charge in [-0.2, -0.15) is 4.31 Å². The fraction of sp³-hybridized carbons (Fsp3) is 0.400. The molecule has 1 fully saturated rings. The Labute approximate surface area is 150 Å². The number of methoxy groups -OCH3 is 1. The summed E-state index contributed by atoms with van der Waals surface area (Å²) < 4.78 is 32.7. The van der Waals surface area contributed by atoms with Gasteiger partial charge in [-0.1, -0.05) is 30.3 Å². The van der Waals surface area contributed by atoms with Gasteiger partial charge in [-0.25, -0.2) is 8.42 Å². The number of benzene rings is 2. The van der Waals surface area contributed by atoms with Crippen LogP contribution in [-0.4, -0.2) is 32.9 Å². The third-order valence-corrected chi connectivity index (χ3v) is 7.00. The number of hydrogen-bond acceptors (Lipinski definition) is 3. The summed E-state index contributed by atoms with van der Waals surface area (Å²) in [6, 6.07) is 15.6. The molecule has 1 saturated heterocycles. The molecule has 0 aromatic heterocycles. The molecular weight excluding hydrogens is 334 g/mol. The van der Waals surface area contributed by atoms with Crippen LogP contribution >= 0.6 is 0 Å². The lowest BCUT2D eigenvalue weighted by atomic mass is 9.91. The van der Waals surface area contributed by atoms with E-state index in [-0.39, 0.29) is 0 Å². The van der Waals surface area contributed by atoms with Crippen LogP contribution in [0, 0.1) is 12.8 Å².